The number of ether oxygens (including phenoxy) is 2. The van der Waals surface area contributed by atoms with Gasteiger partial charge < -0.3 is 25.4 Å². The molecule has 0 bridgehead atoms. The predicted molar refractivity (Wildman–Crippen MR) is 147 cm³/mol. The number of hydrogen-bond donors (Lipinski definition) is 4. The minimum Gasteiger partial charge on any atom is -0.458 e. The van der Waals surface area contributed by atoms with E-state index in [-0.39, 0.29) is 43.5 Å². The van der Waals surface area contributed by atoms with E-state index >= 15 is 0 Å². The van der Waals surface area contributed by atoms with Crippen LogP contribution in [0.25, 0.3) is 0 Å². The summed E-state index contributed by atoms with van der Waals surface area (Å²) in [6.07, 6.45) is -4.16. The number of hydrazine groups is 1. The molecule has 0 aromatic heterocycles. The van der Waals surface area contributed by atoms with Crippen molar-refractivity contribution in [2.24, 2.45) is 5.92 Å². The molecular formula is C29H39F3N6O4. The van der Waals surface area contributed by atoms with Gasteiger partial charge in [0.25, 0.3) is 0 Å². The number of benzene rings is 1. The number of amides is 1. The van der Waals surface area contributed by atoms with Crippen molar-refractivity contribution in [3.63, 3.8) is 0 Å². The van der Waals surface area contributed by atoms with E-state index < -0.39 is 46.9 Å². The maximum atomic E-state index is 14.0. The Kier molecular flexibility index (Phi) is 8.21. The Labute approximate surface area is 243 Å². The fraction of sp³-hybridized carbons (Fsp3) is 0.690. The summed E-state index contributed by atoms with van der Waals surface area (Å²) in [4.78, 5) is 25.8. The summed E-state index contributed by atoms with van der Waals surface area (Å²) in [6.45, 7) is 6.07. The molecule has 4 heterocycles. The zero-order chi connectivity index (χ0) is 30.3. The molecule has 4 aliphatic rings. The molecular weight excluding hydrogens is 553 g/mol. The van der Waals surface area contributed by atoms with Crippen LogP contribution in [0.1, 0.15) is 58.4 Å². The lowest BCUT2D eigenvalue weighted by Crippen LogP contribution is -2.63. The molecule has 1 amide bonds. The van der Waals surface area contributed by atoms with Gasteiger partial charge in [-0.15, -0.1) is 0 Å². The van der Waals surface area contributed by atoms with E-state index in [9.17, 15) is 28.0 Å². The SMILES string of the molecule is CC(C)(C)OC(=O)[C@@H]1CC[C@@](CC#N)(N2NC(Nc3ccc(C4(C(F)(F)F)CCNC4)cc3)C3C(=O)NCCC32)CO1. The van der Waals surface area contributed by atoms with Crippen molar-refractivity contribution in [3.05, 3.63) is 29.8 Å². The summed E-state index contributed by atoms with van der Waals surface area (Å²) < 4.78 is 53.6. The number of nitriles is 1. The maximum Gasteiger partial charge on any atom is 0.399 e. The highest BCUT2D eigenvalue weighted by molar-refractivity contribution is 5.82. The lowest BCUT2D eigenvalue weighted by molar-refractivity contribution is -0.185. The average molecular weight is 593 g/mol. The second-order valence-corrected chi connectivity index (χ2v) is 12.8. The third-order valence-corrected chi connectivity index (χ3v) is 8.90. The normalized spacial score (nSPS) is 33.9. The Bertz CT molecular complexity index is 1200. The number of nitrogens with one attached hydrogen (secondary N) is 4. The molecule has 0 spiro atoms. The van der Waals surface area contributed by atoms with Gasteiger partial charge in [-0.05, 0) is 70.7 Å². The van der Waals surface area contributed by atoms with E-state index in [2.05, 4.69) is 27.4 Å². The Hall–Kier alpha value is -2.92. The van der Waals surface area contributed by atoms with Crippen LogP contribution in [-0.4, -0.2) is 78.8 Å². The van der Waals surface area contributed by atoms with E-state index in [1.807, 2.05) is 5.01 Å². The van der Waals surface area contributed by atoms with Gasteiger partial charge in [0.2, 0.25) is 5.91 Å². The van der Waals surface area contributed by atoms with Crippen LogP contribution in [0.4, 0.5) is 18.9 Å². The number of anilines is 1. The van der Waals surface area contributed by atoms with Crippen LogP contribution >= 0.6 is 0 Å². The molecule has 4 N–H and O–H groups in total. The van der Waals surface area contributed by atoms with Crippen LogP contribution in [0, 0.1) is 17.2 Å². The molecule has 0 radical (unpaired) electrons. The number of rotatable bonds is 6. The lowest BCUT2D eigenvalue weighted by Gasteiger charge is -2.47. The summed E-state index contributed by atoms with van der Waals surface area (Å²) in [6, 6.07) is 8.22. The van der Waals surface area contributed by atoms with Crippen molar-refractivity contribution >= 4 is 17.6 Å². The highest BCUT2D eigenvalue weighted by Crippen LogP contribution is 2.46. The smallest absolute Gasteiger partial charge is 0.399 e. The molecule has 42 heavy (non-hydrogen) atoms. The number of halogens is 3. The van der Waals surface area contributed by atoms with E-state index in [4.69, 9.17) is 9.47 Å². The first-order chi connectivity index (χ1) is 19.8. The van der Waals surface area contributed by atoms with E-state index in [0.29, 0.717) is 38.0 Å². The van der Waals surface area contributed by atoms with Crippen LogP contribution in [0.2, 0.25) is 0 Å². The van der Waals surface area contributed by atoms with Crippen molar-refractivity contribution in [2.75, 3.05) is 31.6 Å². The highest BCUT2D eigenvalue weighted by Gasteiger charge is 2.58. The summed E-state index contributed by atoms with van der Waals surface area (Å²) in [5, 5.41) is 20.8. The molecule has 4 aliphatic heterocycles. The number of hydrogen-bond acceptors (Lipinski definition) is 9. The van der Waals surface area contributed by atoms with Crippen molar-refractivity contribution in [1.29, 1.82) is 5.26 Å². The third kappa shape index (κ3) is 5.69. The second kappa shape index (κ2) is 11.3. The summed E-state index contributed by atoms with van der Waals surface area (Å²) >= 11 is 0. The zero-order valence-electron chi connectivity index (χ0n) is 24.1. The molecule has 0 saturated carbocycles. The molecule has 1 aromatic carbocycles. The van der Waals surface area contributed by atoms with Gasteiger partial charge in [0, 0.05) is 24.8 Å². The lowest BCUT2D eigenvalue weighted by atomic mass is 9.79. The van der Waals surface area contributed by atoms with Gasteiger partial charge in [-0.1, -0.05) is 12.1 Å². The largest absolute Gasteiger partial charge is 0.458 e. The second-order valence-electron chi connectivity index (χ2n) is 12.8. The Morgan fingerprint density at radius 3 is 2.50 bits per heavy atom. The molecule has 4 unspecified atom stereocenters. The quantitative estimate of drug-likeness (QED) is 0.369. The fourth-order valence-electron chi connectivity index (χ4n) is 6.75. The number of fused-ring (bicyclic) bond motifs is 1. The molecule has 13 heteroatoms. The van der Waals surface area contributed by atoms with Crippen molar-refractivity contribution in [2.45, 2.75) is 93.9 Å². The van der Waals surface area contributed by atoms with Crippen molar-refractivity contribution in [3.8, 4) is 6.07 Å². The number of alkyl halides is 3. The predicted octanol–water partition coefficient (Wildman–Crippen LogP) is 2.72. The highest BCUT2D eigenvalue weighted by atomic mass is 19.4. The first-order valence-corrected chi connectivity index (χ1v) is 14.5. The number of carbonyl (C=O) groups excluding carboxylic acids is 2. The molecule has 10 nitrogen and oxygen atoms in total. The number of esters is 1. The summed E-state index contributed by atoms with van der Waals surface area (Å²) in [5.41, 5.74) is 0.814. The van der Waals surface area contributed by atoms with Crippen LogP contribution in [0.15, 0.2) is 24.3 Å². The number of piperidine rings is 1. The van der Waals surface area contributed by atoms with Crippen LogP contribution < -0.4 is 21.4 Å². The fourth-order valence-corrected chi connectivity index (χ4v) is 6.75. The Morgan fingerprint density at radius 2 is 1.93 bits per heavy atom. The molecule has 1 aromatic rings. The average Bonchev–Trinajstić information content (AvgIpc) is 3.56. The van der Waals surface area contributed by atoms with E-state index in [1.54, 1.807) is 32.9 Å². The molecule has 4 fully saturated rings. The van der Waals surface area contributed by atoms with E-state index in [1.165, 1.54) is 12.1 Å². The van der Waals surface area contributed by atoms with E-state index in [0.717, 1.165) is 0 Å². The molecule has 230 valence electrons. The van der Waals surface area contributed by atoms with Gasteiger partial charge in [-0.2, -0.15) is 18.4 Å². The van der Waals surface area contributed by atoms with Gasteiger partial charge in [0.05, 0.1) is 30.6 Å². The van der Waals surface area contributed by atoms with Crippen LogP contribution in [0.5, 0.6) is 0 Å². The van der Waals surface area contributed by atoms with Crippen LogP contribution in [0.3, 0.4) is 0 Å². The van der Waals surface area contributed by atoms with Gasteiger partial charge in [-0.25, -0.2) is 15.2 Å². The van der Waals surface area contributed by atoms with Gasteiger partial charge >= 0.3 is 12.1 Å². The van der Waals surface area contributed by atoms with Crippen LogP contribution in [-0.2, 0) is 24.5 Å². The van der Waals surface area contributed by atoms with Crippen molar-refractivity contribution < 1.29 is 32.2 Å². The first kappa shape index (κ1) is 30.5. The van der Waals surface area contributed by atoms with Gasteiger partial charge in [0.1, 0.15) is 17.2 Å². The third-order valence-electron chi connectivity index (χ3n) is 8.90. The Morgan fingerprint density at radius 1 is 1.19 bits per heavy atom. The number of nitrogens with zero attached hydrogens (tertiary/aromatic N) is 2. The molecule has 0 aliphatic carbocycles. The van der Waals surface area contributed by atoms with Gasteiger partial charge in [0.15, 0.2) is 6.10 Å². The maximum absolute atomic E-state index is 14.0. The van der Waals surface area contributed by atoms with Crippen molar-refractivity contribution in [1.82, 2.24) is 21.1 Å². The van der Waals surface area contributed by atoms with Gasteiger partial charge in [-0.3, -0.25) is 4.79 Å². The molecule has 6 atom stereocenters. The summed E-state index contributed by atoms with van der Waals surface area (Å²) in [7, 11) is 0. The number of carbonyl (C=O) groups is 2. The zero-order valence-corrected chi connectivity index (χ0v) is 24.1. The first-order valence-electron chi connectivity index (χ1n) is 14.5. The molecule has 5 rings (SSSR count). The Balaban J connectivity index is 1.34. The minimum atomic E-state index is -4.38. The monoisotopic (exact) mass is 592 g/mol. The molecule has 4 saturated heterocycles. The standard InChI is InChI=1S/C29H39F3N6O4/c1-26(2,3)42-25(40)21-8-10-27(11-13-33,17-41-21)38-20-9-14-35-24(39)22(20)23(37-38)36-19-6-4-18(5-7-19)28(29(30,31)32)12-15-34-16-28/h4-7,20-23,34,36-37H,8-12,14-17H2,1-3H3,(H,35,39)/t20?,21-,22?,23?,27-,28?/m0/s1. The topological polar surface area (TPSA) is 128 Å². The summed E-state index contributed by atoms with van der Waals surface area (Å²) in [5.74, 6) is -1.13. The minimum absolute atomic E-state index is 0.0236.